The van der Waals surface area contributed by atoms with Crippen molar-refractivity contribution in [2.45, 2.75) is 46.0 Å². The molecule has 1 N–H and O–H groups in total. The molecule has 34 heavy (non-hydrogen) atoms. The first kappa shape index (κ1) is 25.3. The Morgan fingerprint density at radius 2 is 1.97 bits per heavy atom. The van der Waals surface area contributed by atoms with E-state index in [1.165, 1.54) is 0 Å². The molecule has 0 bridgehead atoms. The zero-order valence-corrected chi connectivity index (χ0v) is 20.1. The normalized spacial score (nSPS) is 18.5. The molecule has 1 aliphatic heterocycles. The molecule has 2 heterocycles. The van der Waals surface area contributed by atoms with Gasteiger partial charge in [0.2, 0.25) is 5.91 Å². The molecule has 0 spiro atoms. The van der Waals surface area contributed by atoms with Crippen LogP contribution in [0.25, 0.3) is 0 Å². The molecule has 1 amide bonds. The molecule has 2 aromatic rings. The first-order valence-electron chi connectivity index (χ1n) is 11.9. The number of hydrogen-bond acceptors (Lipinski definition) is 6. The van der Waals surface area contributed by atoms with Gasteiger partial charge in [-0.2, -0.15) is 4.73 Å². The Hall–Kier alpha value is -3.29. The molecule has 1 fully saturated rings. The minimum Gasteiger partial charge on any atom is -0.494 e. The third-order valence-corrected chi connectivity index (χ3v) is 6.10. The molecule has 1 aliphatic rings. The lowest BCUT2D eigenvalue weighted by molar-refractivity contribution is -0.148. The summed E-state index contributed by atoms with van der Waals surface area (Å²) < 4.78 is 12.1. The van der Waals surface area contributed by atoms with E-state index < -0.39 is 0 Å². The SMILES string of the molecule is CCOC(=O)CC1(Cc2ccc(OCCCN=c3ccccn3O)cc2)CCCN(C(C)=O)C1. The zero-order valence-electron chi connectivity index (χ0n) is 20.1. The molecule has 1 unspecified atom stereocenters. The summed E-state index contributed by atoms with van der Waals surface area (Å²) in [6.45, 7) is 6.12. The van der Waals surface area contributed by atoms with Gasteiger partial charge in [0, 0.05) is 44.6 Å². The highest BCUT2D eigenvalue weighted by Gasteiger charge is 2.38. The van der Waals surface area contributed by atoms with Crippen molar-refractivity contribution in [3.05, 3.63) is 59.7 Å². The lowest BCUT2D eigenvalue weighted by Crippen LogP contribution is -2.47. The first-order valence-corrected chi connectivity index (χ1v) is 11.9. The van der Waals surface area contributed by atoms with Crippen LogP contribution in [0, 0.1) is 5.41 Å². The predicted octanol–water partition coefficient (Wildman–Crippen LogP) is 3.22. The fourth-order valence-corrected chi connectivity index (χ4v) is 4.48. The summed E-state index contributed by atoms with van der Waals surface area (Å²) in [5, 5.41) is 9.67. The van der Waals surface area contributed by atoms with Crippen LogP contribution in [0.1, 0.15) is 45.1 Å². The molecule has 184 valence electrons. The van der Waals surface area contributed by atoms with Crippen molar-refractivity contribution in [1.82, 2.24) is 9.63 Å². The van der Waals surface area contributed by atoms with Crippen molar-refractivity contribution in [1.29, 1.82) is 0 Å². The number of ether oxygens (including phenoxy) is 2. The molecule has 1 atom stereocenters. The number of rotatable bonds is 10. The number of carbonyl (C=O) groups excluding carboxylic acids is 2. The van der Waals surface area contributed by atoms with Gasteiger partial charge in [-0.15, -0.1) is 0 Å². The quantitative estimate of drug-likeness (QED) is 0.328. The second kappa shape index (κ2) is 12.3. The molecule has 0 radical (unpaired) electrons. The number of hydrogen-bond donors (Lipinski definition) is 1. The maximum atomic E-state index is 12.3. The van der Waals surface area contributed by atoms with Crippen molar-refractivity contribution < 1.29 is 24.3 Å². The Kier molecular flexibility index (Phi) is 9.13. The van der Waals surface area contributed by atoms with E-state index in [1.807, 2.05) is 42.2 Å². The number of pyridine rings is 1. The average Bonchev–Trinajstić information content (AvgIpc) is 2.81. The van der Waals surface area contributed by atoms with Crippen molar-refractivity contribution in [2.24, 2.45) is 10.4 Å². The monoisotopic (exact) mass is 469 g/mol. The van der Waals surface area contributed by atoms with Gasteiger partial charge in [0.15, 0.2) is 5.49 Å². The van der Waals surface area contributed by atoms with Crippen LogP contribution >= 0.6 is 0 Å². The van der Waals surface area contributed by atoms with Gasteiger partial charge < -0.3 is 19.6 Å². The molecule has 0 saturated carbocycles. The van der Waals surface area contributed by atoms with Gasteiger partial charge >= 0.3 is 5.97 Å². The minimum absolute atomic E-state index is 0.0458. The van der Waals surface area contributed by atoms with Crippen molar-refractivity contribution in [2.75, 3.05) is 32.8 Å². The van der Waals surface area contributed by atoms with Crippen LogP contribution in [0.5, 0.6) is 5.75 Å². The van der Waals surface area contributed by atoms with Crippen LogP contribution < -0.4 is 10.2 Å². The van der Waals surface area contributed by atoms with E-state index in [1.54, 1.807) is 25.3 Å². The highest BCUT2D eigenvalue weighted by Crippen LogP contribution is 2.38. The van der Waals surface area contributed by atoms with Gasteiger partial charge in [0.1, 0.15) is 5.75 Å². The second-order valence-corrected chi connectivity index (χ2v) is 8.83. The van der Waals surface area contributed by atoms with Gasteiger partial charge in [-0.25, -0.2) is 0 Å². The van der Waals surface area contributed by atoms with Gasteiger partial charge in [-0.05, 0) is 56.0 Å². The van der Waals surface area contributed by atoms with E-state index in [0.29, 0.717) is 44.6 Å². The Bertz CT molecular complexity index is 1020. The fourth-order valence-electron chi connectivity index (χ4n) is 4.48. The van der Waals surface area contributed by atoms with E-state index in [-0.39, 0.29) is 17.3 Å². The zero-order chi connectivity index (χ0) is 24.4. The van der Waals surface area contributed by atoms with Crippen molar-refractivity contribution >= 4 is 11.9 Å². The van der Waals surface area contributed by atoms with Crippen LogP contribution in [0.15, 0.2) is 53.7 Å². The standard InChI is InChI=1S/C26H35N3O5/c1-3-33-25(31)19-26(13-6-15-28(20-26)21(2)30)18-22-9-11-23(12-10-22)34-17-7-14-27-24-8-4-5-16-29(24)32/h4-5,8-12,16,32H,3,6-7,13-15,17-20H2,1-2H3. The first-order chi connectivity index (χ1) is 16.4. The second-order valence-electron chi connectivity index (χ2n) is 8.83. The number of carbonyl (C=O) groups is 2. The molecule has 3 rings (SSSR count). The molecule has 8 nitrogen and oxygen atoms in total. The lowest BCUT2D eigenvalue weighted by atomic mass is 9.72. The predicted molar refractivity (Wildman–Crippen MR) is 127 cm³/mol. The van der Waals surface area contributed by atoms with Crippen LogP contribution in [-0.4, -0.2) is 59.6 Å². The molecule has 1 aromatic heterocycles. The van der Waals surface area contributed by atoms with Gasteiger partial charge in [0.25, 0.3) is 0 Å². The lowest BCUT2D eigenvalue weighted by Gasteiger charge is -2.42. The van der Waals surface area contributed by atoms with Crippen LogP contribution in [0.3, 0.4) is 0 Å². The highest BCUT2D eigenvalue weighted by molar-refractivity contribution is 5.74. The van der Waals surface area contributed by atoms with E-state index in [9.17, 15) is 14.8 Å². The topological polar surface area (TPSA) is 93.4 Å². The maximum absolute atomic E-state index is 12.3. The Balaban J connectivity index is 1.57. The van der Waals surface area contributed by atoms with Crippen molar-refractivity contribution in [3.63, 3.8) is 0 Å². The molecule has 8 heteroatoms. The van der Waals surface area contributed by atoms with Gasteiger partial charge in [-0.3, -0.25) is 14.6 Å². The Morgan fingerprint density at radius 3 is 2.68 bits per heavy atom. The van der Waals surface area contributed by atoms with E-state index >= 15 is 0 Å². The summed E-state index contributed by atoms with van der Waals surface area (Å²) in [6, 6.07) is 13.2. The van der Waals surface area contributed by atoms with Crippen molar-refractivity contribution in [3.8, 4) is 5.75 Å². The van der Waals surface area contributed by atoms with E-state index in [2.05, 4.69) is 4.99 Å². The largest absolute Gasteiger partial charge is 0.494 e. The minimum atomic E-state index is -0.318. The summed E-state index contributed by atoms with van der Waals surface area (Å²) in [5.41, 5.74) is 1.30. The highest BCUT2D eigenvalue weighted by atomic mass is 16.5. The number of aromatic nitrogens is 1. The number of nitrogens with zero attached hydrogens (tertiary/aromatic N) is 3. The third-order valence-electron chi connectivity index (χ3n) is 6.10. The average molecular weight is 470 g/mol. The Labute approximate surface area is 200 Å². The van der Waals surface area contributed by atoms with E-state index in [4.69, 9.17) is 9.47 Å². The number of piperidine rings is 1. The summed E-state index contributed by atoms with van der Waals surface area (Å²) in [5.74, 6) is 0.610. The molecule has 0 aliphatic carbocycles. The molecular weight excluding hydrogens is 434 g/mol. The number of likely N-dealkylation sites (tertiary alicyclic amines) is 1. The number of amides is 1. The fraction of sp³-hybridized carbons (Fsp3) is 0.500. The Morgan fingerprint density at radius 1 is 1.18 bits per heavy atom. The third kappa shape index (κ3) is 7.37. The van der Waals surface area contributed by atoms with Gasteiger partial charge in [-0.1, -0.05) is 18.2 Å². The number of benzene rings is 1. The van der Waals surface area contributed by atoms with Crippen LogP contribution in [-0.2, 0) is 20.7 Å². The van der Waals surface area contributed by atoms with E-state index in [0.717, 1.165) is 41.9 Å². The summed E-state index contributed by atoms with van der Waals surface area (Å²) in [4.78, 5) is 30.6. The molecule has 1 aromatic carbocycles. The summed E-state index contributed by atoms with van der Waals surface area (Å²) in [6.07, 6.45) is 5.03. The van der Waals surface area contributed by atoms with Crippen LogP contribution in [0.4, 0.5) is 0 Å². The van der Waals surface area contributed by atoms with Gasteiger partial charge in [0.05, 0.1) is 19.6 Å². The summed E-state index contributed by atoms with van der Waals surface area (Å²) >= 11 is 0. The summed E-state index contributed by atoms with van der Waals surface area (Å²) in [7, 11) is 0. The maximum Gasteiger partial charge on any atom is 0.306 e. The number of esters is 1. The van der Waals surface area contributed by atoms with Crippen LogP contribution in [0.2, 0.25) is 0 Å². The smallest absolute Gasteiger partial charge is 0.306 e. The molecule has 1 saturated heterocycles. The molecular formula is C26H35N3O5.